The van der Waals surface area contributed by atoms with E-state index in [4.69, 9.17) is 17.3 Å². The summed E-state index contributed by atoms with van der Waals surface area (Å²) in [6.07, 6.45) is 0. The van der Waals surface area contributed by atoms with Crippen LogP contribution < -0.4 is 5.73 Å². The van der Waals surface area contributed by atoms with Crippen LogP contribution in [0.15, 0.2) is 56.7 Å². The van der Waals surface area contributed by atoms with Crippen molar-refractivity contribution in [3.05, 3.63) is 57.5 Å². The topological polar surface area (TPSA) is 26.0 Å². The average Bonchev–Trinajstić information content (AvgIpc) is 2.34. The first-order valence-corrected chi connectivity index (χ1v) is 7.53. The Morgan fingerprint density at radius 1 is 1.17 bits per heavy atom. The Labute approximate surface area is 125 Å². The van der Waals surface area contributed by atoms with E-state index in [0.29, 0.717) is 0 Å². The van der Waals surface area contributed by atoms with Gasteiger partial charge in [-0.25, -0.2) is 0 Å². The van der Waals surface area contributed by atoms with Gasteiger partial charge in [-0.05, 0) is 64.8 Å². The zero-order valence-corrected chi connectivity index (χ0v) is 13.0. The first-order chi connectivity index (χ1) is 8.56. The predicted octanol–water partition coefficient (Wildman–Crippen LogP) is 5.27. The molecule has 0 radical (unpaired) electrons. The number of benzene rings is 2. The maximum Gasteiger partial charge on any atom is 0.0406 e. The third-order valence-electron chi connectivity index (χ3n) is 2.52. The molecule has 0 aliphatic carbocycles. The fraction of sp³-hybridized carbons (Fsp3) is 0.143. The third-order valence-corrected chi connectivity index (χ3v) is 4.78. The molecule has 2 N–H and O–H groups in total. The minimum Gasteiger partial charge on any atom is -0.324 e. The van der Waals surface area contributed by atoms with Crippen molar-refractivity contribution >= 4 is 39.3 Å². The van der Waals surface area contributed by atoms with Gasteiger partial charge < -0.3 is 5.73 Å². The van der Waals surface area contributed by atoms with Gasteiger partial charge in [-0.3, -0.25) is 0 Å². The zero-order chi connectivity index (χ0) is 13.1. The van der Waals surface area contributed by atoms with E-state index in [1.54, 1.807) is 11.8 Å². The Morgan fingerprint density at radius 2 is 1.83 bits per heavy atom. The van der Waals surface area contributed by atoms with Crippen molar-refractivity contribution in [3.8, 4) is 0 Å². The lowest BCUT2D eigenvalue weighted by atomic mass is 10.1. The molecule has 0 aliphatic rings. The lowest BCUT2D eigenvalue weighted by Gasteiger charge is -2.09. The number of hydrogen-bond acceptors (Lipinski definition) is 2. The second kappa shape index (κ2) is 6.11. The minimum atomic E-state index is 0.0517. The van der Waals surface area contributed by atoms with Gasteiger partial charge in [-0.15, -0.1) is 0 Å². The van der Waals surface area contributed by atoms with Crippen molar-refractivity contribution in [2.24, 2.45) is 5.73 Å². The summed E-state index contributed by atoms with van der Waals surface area (Å²) < 4.78 is 1.07. The first kappa shape index (κ1) is 13.9. The predicted molar refractivity (Wildman–Crippen MR) is 82.3 cm³/mol. The smallest absolute Gasteiger partial charge is 0.0406 e. The van der Waals surface area contributed by atoms with E-state index in [-0.39, 0.29) is 6.04 Å². The van der Waals surface area contributed by atoms with Crippen LogP contribution in [-0.4, -0.2) is 0 Å². The highest BCUT2D eigenvalue weighted by Gasteiger charge is 2.06. The van der Waals surface area contributed by atoms with Crippen LogP contribution in [0.1, 0.15) is 18.5 Å². The molecule has 1 nitrogen and oxygen atoms in total. The van der Waals surface area contributed by atoms with Crippen molar-refractivity contribution in [1.82, 2.24) is 0 Å². The fourth-order valence-electron chi connectivity index (χ4n) is 1.51. The maximum atomic E-state index is 5.87. The van der Waals surface area contributed by atoms with Crippen LogP contribution >= 0.6 is 39.3 Å². The lowest BCUT2D eigenvalue weighted by Crippen LogP contribution is -2.04. The summed E-state index contributed by atoms with van der Waals surface area (Å²) in [5, 5.41) is 0.755. The second-order valence-corrected chi connectivity index (χ2v) is 6.44. The summed E-state index contributed by atoms with van der Waals surface area (Å²) in [6.45, 7) is 1.98. The van der Waals surface area contributed by atoms with Crippen LogP contribution in [0.2, 0.25) is 5.02 Å². The molecule has 94 valence electrons. The van der Waals surface area contributed by atoms with Gasteiger partial charge in [0.15, 0.2) is 0 Å². The fourth-order valence-corrected chi connectivity index (χ4v) is 3.10. The molecule has 0 unspecified atom stereocenters. The standard InChI is InChI=1S/C14H13BrClNS/c1-9(17)10-2-7-14(13(15)8-10)18-12-5-3-11(16)4-6-12/h2-9H,17H2,1H3/t9-/m1/s1. The molecule has 0 saturated carbocycles. The minimum absolute atomic E-state index is 0.0517. The van der Waals surface area contributed by atoms with Gasteiger partial charge in [0, 0.05) is 25.3 Å². The molecule has 2 aromatic carbocycles. The van der Waals surface area contributed by atoms with Gasteiger partial charge in [0.05, 0.1) is 0 Å². The molecule has 0 aromatic heterocycles. The van der Waals surface area contributed by atoms with Gasteiger partial charge in [0.2, 0.25) is 0 Å². The second-order valence-electron chi connectivity index (χ2n) is 4.03. The van der Waals surface area contributed by atoms with Crippen molar-refractivity contribution in [2.45, 2.75) is 22.8 Å². The Balaban J connectivity index is 2.22. The summed E-state index contributed by atoms with van der Waals surface area (Å²) in [5.41, 5.74) is 6.99. The molecule has 0 saturated heterocycles. The molecule has 0 amide bonds. The Morgan fingerprint density at radius 3 is 2.39 bits per heavy atom. The van der Waals surface area contributed by atoms with E-state index < -0.39 is 0 Å². The molecule has 0 fully saturated rings. The lowest BCUT2D eigenvalue weighted by molar-refractivity contribution is 0.815. The highest BCUT2D eigenvalue weighted by Crippen LogP contribution is 2.35. The summed E-state index contributed by atoms with van der Waals surface area (Å²) in [4.78, 5) is 2.33. The van der Waals surface area contributed by atoms with Crippen LogP contribution in [0.4, 0.5) is 0 Å². The maximum absolute atomic E-state index is 5.87. The Bertz CT molecular complexity index is 540. The summed E-state index contributed by atoms with van der Waals surface area (Å²) >= 11 is 11.2. The summed E-state index contributed by atoms with van der Waals surface area (Å²) in [7, 11) is 0. The number of rotatable bonds is 3. The van der Waals surface area contributed by atoms with Crippen LogP contribution in [0.25, 0.3) is 0 Å². The van der Waals surface area contributed by atoms with Crippen LogP contribution in [0.3, 0.4) is 0 Å². The highest BCUT2D eigenvalue weighted by atomic mass is 79.9. The van der Waals surface area contributed by atoms with E-state index >= 15 is 0 Å². The quantitative estimate of drug-likeness (QED) is 0.822. The molecule has 18 heavy (non-hydrogen) atoms. The van der Waals surface area contributed by atoms with Gasteiger partial charge in [0.1, 0.15) is 0 Å². The summed E-state index contributed by atoms with van der Waals surface area (Å²) in [5.74, 6) is 0. The van der Waals surface area contributed by atoms with Crippen LogP contribution in [0.5, 0.6) is 0 Å². The van der Waals surface area contributed by atoms with Crippen molar-refractivity contribution in [1.29, 1.82) is 0 Å². The van der Waals surface area contributed by atoms with Crippen molar-refractivity contribution in [2.75, 3.05) is 0 Å². The number of hydrogen-bond donors (Lipinski definition) is 1. The molecular formula is C14H13BrClNS. The number of halogens is 2. The Hall–Kier alpha value is -0.480. The largest absolute Gasteiger partial charge is 0.324 e. The molecule has 1 atom stereocenters. The summed E-state index contributed by atoms with van der Waals surface area (Å²) in [6, 6.07) is 14.1. The van der Waals surface area contributed by atoms with Crippen molar-refractivity contribution in [3.63, 3.8) is 0 Å². The molecule has 2 aromatic rings. The van der Waals surface area contributed by atoms with E-state index in [2.05, 4.69) is 34.1 Å². The van der Waals surface area contributed by atoms with E-state index in [1.165, 1.54) is 4.90 Å². The molecule has 2 rings (SSSR count). The molecule has 0 spiro atoms. The van der Waals surface area contributed by atoms with Crippen LogP contribution in [0, 0.1) is 0 Å². The zero-order valence-electron chi connectivity index (χ0n) is 9.86. The van der Waals surface area contributed by atoms with Gasteiger partial charge in [-0.2, -0.15) is 0 Å². The highest BCUT2D eigenvalue weighted by molar-refractivity contribution is 9.10. The van der Waals surface area contributed by atoms with Gasteiger partial charge in [-0.1, -0.05) is 29.4 Å². The Kier molecular flexibility index (Phi) is 4.73. The van der Waals surface area contributed by atoms with E-state index in [1.807, 2.05) is 31.2 Å². The molecule has 0 aliphatic heterocycles. The monoisotopic (exact) mass is 341 g/mol. The molecular weight excluding hydrogens is 330 g/mol. The normalized spacial score (nSPS) is 12.4. The van der Waals surface area contributed by atoms with E-state index in [9.17, 15) is 0 Å². The van der Waals surface area contributed by atoms with Gasteiger partial charge in [0.25, 0.3) is 0 Å². The molecule has 4 heteroatoms. The van der Waals surface area contributed by atoms with Gasteiger partial charge >= 0.3 is 0 Å². The third kappa shape index (κ3) is 3.51. The van der Waals surface area contributed by atoms with Crippen molar-refractivity contribution < 1.29 is 0 Å². The van der Waals surface area contributed by atoms with Crippen LogP contribution in [-0.2, 0) is 0 Å². The molecule has 0 bridgehead atoms. The number of nitrogens with two attached hydrogens (primary N) is 1. The average molecular weight is 343 g/mol. The van der Waals surface area contributed by atoms with E-state index in [0.717, 1.165) is 20.0 Å². The SMILES string of the molecule is C[C@@H](N)c1ccc(Sc2ccc(Cl)cc2)c(Br)c1. The first-order valence-electron chi connectivity index (χ1n) is 5.54. The molecule has 0 heterocycles.